The van der Waals surface area contributed by atoms with E-state index >= 15 is 0 Å². The second-order valence-electron chi connectivity index (χ2n) is 4.86. The van der Waals surface area contributed by atoms with Crippen molar-refractivity contribution < 1.29 is 4.79 Å². The van der Waals surface area contributed by atoms with Crippen molar-refractivity contribution in [2.75, 3.05) is 6.54 Å². The van der Waals surface area contributed by atoms with Crippen LogP contribution in [0.5, 0.6) is 0 Å². The SMILES string of the molecule is CC(C)C(=O)[C@@H]1CN1[C@H](C)c1ccccc1. The normalized spacial score (nSPS) is 25.5. The van der Waals surface area contributed by atoms with Gasteiger partial charge in [-0.1, -0.05) is 44.2 Å². The van der Waals surface area contributed by atoms with Crippen molar-refractivity contribution in [3.05, 3.63) is 35.9 Å². The molecule has 16 heavy (non-hydrogen) atoms. The second kappa shape index (κ2) is 4.38. The molecule has 3 atom stereocenters. The van der Waals surface area contributed by atoms with E-state index in [1.165, 1.54) is 5.56 Å². The third kappa shape index (κ3) is 2.17. The molecule has 0 amide bonds. The minimum Gasteiger partial charge on any atom is -0.298 e. The van der Waals surface area contributed by atoms with E-state index in [2.05, 4.69) is 36.1 Å². The molecule has 2 heteroatoms. The number of Topliss-reactive ketones (excluding diaryl/α,β-unsaturated/α-hetero) is 1. The van der Waals surface area contributed by atoms with Gasteiger partial charge >= 0.3 is 0 Å². The first kappa shape index (κ1) is 11.3. The summed E-state index contributed by atoms with van der Waals surface area (Å²) >= 11 is 0. The maximum Gasteiger partial charge on any atom is 0.153 e. The summed E-state index contributed by atoms with van der Waals surface area (Å²) in [4.78, 5) is 14.1. The Hall–Kier alpha value is -1.15. The zero-order valence-electron chi connectivity index (χ0n) is 10.2. The first-order chi connectivity index (χ1) is 7.61. The van der Waals surface area contributed by atoms with Gasteiger partial charge in [-0.3, -0.25) is 9.69 Å². The van der Waals surface area contributed by atoms with Crippen LogP contribution in [0.15, 0.2) is 30.3 Å². The first-order valence-corrected chi connectivity index (χ1v) is 5.95. The lowest BCUT2D eigenvalue weighted by molar-refractivity contribution is -0.122. The summed E-state index contributed by atoms with van der Waals surface area (Å²) in [6.45, 7) is 7.05. The molecule has 1 aromatic rings. The topological polar surface area (TPSA) is 20.1 Å². The van der Waals surface area contributed by atoms with Gasteiger partial charge in [0.2, 0.25) is 0 Å². The van der Waals surface area contributed by atoms with E-state index in [4.69, 9.17) is 0 Å². The molecule has 1 heterocycles. The molecule has 1 aliphatic rings. The second-order valence-corrected chi connectivity index (χ2v) is 4.86. The molecule has 1 aromatic carbocycles. The van der Waals surface area contributed by atoms with E-state index in [9.17, 15) is 4.79 Å². The van der Waals surface area contributed by atoms with Crippen LogP contribution >= 0.6 is 0 Å². The average Bonchev–Trinajstić information content (AvgIpc) is 3.08. The lowest BCUT2D eigenvalue weighted by atomic mass is 10.1. The number of nitrogens with zero attached hydrogens (tertiary/aromatic N) is 1. The molecule has 1 fully saturated rings. The van der Waals surface area contributed by atoms with Crippen LogP contribution in [0.25, 0.3) is 0 Å². The van der Waals surface area contributed by atoms with Gasteiger partial charge in [0.25, 0.3) is 0 Å². The van der Waals surface area contributed by atoms with Crippen LogP contribution in [-0.2, 0) is 4.79 Å². The van der Waals surface area contributed by atoms with Crippen LogP contribution in [-0.4, -0.2) is 23.3 Å². The highest BCUT2D eigenvalue weighted by Gasteiger charge is 2.43. The molecule has 0 N–H and O–H groups in total. The quantitative estimate of drug-likeness (QED) is 0.723. The van der Waals surface area contributed by atoms with E-state index in [1.807, 2.05) is 19.9 Å². The van der Waals surface area contributed by atoms with E-state index in [0.717, 1.165) is 6.54 Å². The summed E-state index contributed by atoms with van der Waals surface area (Å²) in [6.07, 6.45) is 0. The Morgan fingerprint density at radius 3 is 2.44 bits per heavy atom. The molecule has 1 saturated heterocycles. The van der Waals surface area contributed by atoms with Crippen molar-refractivity contribution in [1.29, 1.82) is 0 Å². The van der Waals surface area contributed by atoms with E-state index in [-0.39, 0.29) is 12.0 Å². The monoisotopic (exact) mass is 217 g/mol. The van der Waals surface area contributed by atoms with Crippen molar-refractivity contribution >= 4 is 5.78 Å². The zero-order chi connectivity index (χ0) is 11.7. The first-order valence-electron chi connectivity index (χ1n) is 5.95. The molecular weight excluding hydrogens is 198 g/mol. The standard InChI is InChI=1S/C14H19NO/c1-10(2)14(16)13-9-15(13)11(3)12-7-5-4-6-8-12/h4-8,10-11,13H,9H2,1-3H3/t11-,13+,15?/m1/s1. The van der Waals surface area contributed by atoms with Gasteiger partial charge in [-0.15, -0.1) is 0 Å². The maximum atomic E-state index is 11.8. The lowest BCUT2D eigenvalue weighted by Gasteiger charge is -2.14. The molecule has 1 unspecified atom stereocenters. The number of benzene rings is 1. The van der Waals surface area contributed by atoms with Crippen molar-refractivity contribution in [2.45, 2.75) is 32.9 Å². The van der Waals surface area contributed by atoms with Gasteiger partial charge in [0.05, 0.1) is 6.04 Å². The number of hydrogen-bond donors (Lipinski definition) is 0. The third-order valence-electron chi connectivity index (χ3n) is 3.33. The van der Waals surface area contributed by atoms with E-state index < -0.39 is 0 Å². The zero-order valence-corrected chi connectivity index (χ0v) is 10.2. The van der Waals surface area contributed by atoms with Gasteiger partial charge in [-0.25, -0.2) is 0 Å². The van der Waals surface area contributed by atoms with Crippen molar-refractivity contribution in [2.24, 2.45) is 5.92 Å². The highest BCUT2D eigenvalue weighted by Crippen LogP contribution is 2.33. The molecule has 0 radical (unpaired) electrons. The van der Waals surface area contributed by atoms with Gasteiger partial charge in [0, 0.05) is 18.5 Å². The summed E-state index contributed by atoms with van der Waals surface area (Å²) in [5.74, 6) is 0.528. The Kier molecular flexibility index (Phi) is 3.10. The molecule has 86 valence electrons. The summed E-state index contributed by atoms with van der Waals surface area (Å²) in [7, 11) is 0. The Labute approximate surface area is 97.3 Å². The fourth-order valence-electron chi connectivity index (χ4n) is 2.14. The predicted octanol–water partition coefficient (Wildman–Crippen LogP) is 2.66. The molecule has 2 nitrogen and oxygen atoms in total. The Morgan fingerprint density at radius 2 is 1.88 bits per heavy atom. The van der Waals surface area contributed by atoms with Crippen LogP contribution in [0, 0.1) is 5.92 Å². The number of carbonyl (C=O) groups is 1. The largest absolute Gasteiger partial charge is 0.298 e. The molecule has 2 rings (SSSR count). The van der Waals surface area contributed by atoms with Crippen LogP contribution in [0.3, 0.4) is 0 Å². The van der Waals surface area contributed by atoms with Gasteiger partial charge in [-0.2, -0.15) is 0 Å². The summed E-state index contributed by atoms with van der Waals surface area (Å²) in [5.41, 5.74) is 1.29. The van der Waals surface area contributed by atoms with Gasteiger partial charge in [0.15, 0.2) is 5.78 Å². The molecule has 0 aromatic heterocycles. The van der Waals surface area contributed by atoms with Gasteiger partial charge < -0.3 is 0 Å². The van der Waals surface area contributed by atoms with Crippen LogP contribution < -0.4 is 0 Å². The van der Waals surface area contributed by atoms with Crippen LogP contribution in [0.1, 0.15) is 32.4 Å². The van der Waals surface area contributed by atoms with Crippen LogP contribution in [0.4, 0.5) is 0 Å². The lowest BCUT2D eigenvalue weighted by Crippen LogP contribution is -2.20. The molecule has 0 spiro atoms. The molecule has 0 aliphatic carbocycles. The fourth-order valence-corrected chi connectivity index (χ4v) is 2.14. The van der Waals surface area contributed by atoms with Crippen molar-refractivity contribution in [1.82, 2.24) is 4.90 Å². The Morgan fingerprint density at radius 1 is 1.25 bits per heavy atom. The minimum atomic E-state index is 0.151. The van der Waals surface area contributed by atoms with Crippen molar-refractivity contribution in [3.63, 3.8) is 0 Å². The summed E-state index contributed by atoms with van der Waals surface area (Å²) < 4.78 is 0. The number of ketones is 1. The predicted molar refractivity (Wildman–Crippen MR) is 65.2 cm³/mol. The maximum absolute atomic E-state index is 11.8. The van der Waals surface area contributed by atoms with Crippen molar-refractivity contribution in [3.8, 4) is 0 Å². The summed E-state index contributed by atoms with van der Waals surface area (Å²) in [6, 6.07) is 10.9. The highest BCUT2D eigenvalue weighted by molar-refractivity contribution is 5.88. The molecule has 0 saturated carbocycles. The number of carbonyl (C=O) groups excluding carboxylic acids is 1. The Bertz CT molecular complexity index is 372. The number of hydrogen-bond acceptors (Lipinski definition) is 2. The summed E-state index contributed by atoms with van der Waals surface area (Å²) in [5, 5.41) is 0. The van der Waals surface area contributed by atoms with Gasteiger partial charge in [-0.05, 0) is 12.5 Å². The van der Waals surface area contributed by atoms with E-state index in [1.54, 1.807) is 0 Å². The highest BCUT2D eigenvalue weighted by atomic mass is 16.1. The van der Waals surface area contributed by atoms with Crippen LogP contribution in [0.2, 0.25) is 0 Å². The minimum absolute atomic E-state index is 0.151. The fraction of sp³-hybridized carbons (Fsp3) is 0.500. The Balaban J connectivity index is 2.00. The average molecular weight is 217 g/mol. The smallest absolute Gasteiger partial charge is 0.153 e. The van der Waals surface area contributed by atoms with E-state index in [0.29, 0.717) is 11.8 Å². The molecule has 0 bridgehead atoms. The van der Waals surface area contributed by atoms with Gasteiger partial charge in [0.1, 0.15) is 0 Å². The molecule has 1 aliphatic heterocycles. The third-order valence-corrected chi connectivity index (χ3v) is 3.33. The molecular formula is C14H19NO. The number of rotatable bonds is 4.